The first-order valence-electron chi connectivity index (χ1n) is 9.80. The summed E-state index contributed by atoms with van der Waals surface area (Å²) in [6, 6.07) is 8.53. The Kier molecular flexibility index (Phi) is 6.88. The molecule has 2 amide bonds. The molecule has 1 aliphatic rings. The lowest BCUT2D eigenvalue weighted by molar-refractivity contribution is 0.122. The quantitative estimate of drug-likeness (QED) is 0.717. The lowest BCUT2D eigenvalue weighted by atomic mass is 10.2. The molecule has 2 aromatic rings. The lowest BCUT2D eigenvalue weighted by Gasteiger charge is -2.28. The van der Waals surface area contributed by atoms with Crippen LogP contribution in [0.4, 0.5) is 16.3 Å². The van der Waals surface area contributed by atoms with Crippen molar-refractivity contribution in [3.8, 4) is 11.4 Å². The Hall–Kier alpha value is -2.72. The number of aromatic nitrogens is 2. The van der Waals surface area contributed by atoms with Gasteiger partial charge in [-0.15, -0.1) is 0 Å². The number of carbonyl (C=O) groups excluding carboxylic acids is 1. The number of benzene rings is 1. The van der Waals surface area contributed by atoms with Gasteiger partial charge in [-0.2, -0.15) is 0 Å². The topological polar surface area (TPSA) is 114 Å². The number of rotatable bonds is 6. The summed E-state index contributed by atoms with van der Waals surface area (Å²) >= 11 is 0. The summed E-state index contributed by atoms with van der Waals surface area (Å²) in [5, 5.41) is 4.70. The SMILES string of the molecule is CNC(=O)Nc1ccc(-c2nc(CS(=O)(=O)C(C)C)cc(N3CCOCC3)n2)cc1. The molecular formula is C20H27N5O4S. The van der Waals surface area contributed by atoms with Crippen molar-refractivity contribution in [3.63, 3.8) is 0 Å². The van der Waals surface area contributed by atoms with Gasteiger partial charge in [0.2, 0.25) is 0 Å². The van der Waals surface area contributed by atoms with E-state index >= 15 is 0 Å². The van der Waals surface area contributed by atoms with Gasteiger partial charge in [-0.1, -0.05) is 0 Å². The summed E-state index contributed by atoms with van der Waals surface area (Å²) in [4.78, 5) is 22.7. The van der Waals surface area contributed by atoms with Crippen LogP contribution in [0, 0.1) is 0 Å². The smallest absolute Gasteiger partial charge is 0.318 e. The standard InChI is InChI=1S/C20H27N5O4S/c1-14(2)30(27,28)13-17-12-18(25-8-10-29-11-9-25)24-19(22-17)15-4-6-16(7-5-15)23-20(26)21-3/h4-7,12,14H,8-11,13H2,1-3H3,(H2,21,23,26). The van der Waals surface area contributed by atoms with Gasteiger partial charge < -0.3 is 20.3 Å². The Labute approximate surface area is 176 Å². The highest BCUT2D eigenvalue weighted by molar-refractivity contribution is 7.91. The second-order valence-electron chi connectivity index (χ2n) is 7.28. The molecule has 0 bridgehead atoms. The molecule has 1 saturated heterocycles. The third-order valence-corrected chi connectivity index (χ3v) is 6.93. The van der Waals surface area contributed by atoms with Crippen molar-refractivity contribution >= 4 is 27.4 Å². The van der Waals surface area contributed by atoms with Crippen LogP contribution in [0.5, 0.6) is 0 Å². The molecule has 30 heavy (non-hydrogen) atoms. The van der Waals surface area contributed by atoms with Gasteiger partial charge >= 0.3 is 6.03 Å². The van der Waals surface area contributed by atoms with Crippen LogP contribution < -0.4 is 15.5 Å². The second-order valence-corrected chi connectivity index (χ2v) is 9.84. The number of amides is 2. The average Bonchev–Trinajstić information content (AvgIpc) is 2.74. The number of ether oxygens (including phenoxy) is 1. The van der Waals surface area contributed by atoms with E-state index in [0.717, 1.165) is 5.56 Å². The zero-order valence-electron chi connectivity index (χ0n) is 17.4. The van der Waals surface area contributed by atoms with Gasteiger partial charge in [-0.25, -0.2) is 23.2 Å². The van der Waals surface area contributed by atoms with Crippen LogP contribution in [0.3, 0.4) is 0 Å². The van der Waals surface area contributed by atoms with E-state index in [2.05, 4.69) is 25.5 Å². The molecule has 0 spiro atoms. The van der Waals surface area contributed by atoms with Crippen LogP contribution in [0.1, 0.15) is 19.5 Å². The van der Waals surface area contributed by atoms with Gasteiger partial charge in [-0.3, -0.25) is 0 Å². The number of sulfone groups is 1. The van der Waals surface area contributed by atoms with Crippen molar-refractivity contribution < 1.29 is 17.9 Å². The largest absolute Gasteiger partial charge is 0.378 e. The minimum Gasteiger partial charge on any atom is -0.378 e. The van der Waals surface area contributed by atoms with Gasteiger partial charge in [0, 0.05) is 37.5 Å². The predicted octanol–water partition coefficient (Wildman–Crippen LogP) is 2.05. The fraction of sp³-hybridized carbons (Fsp3) is 0.450. The normalized spacial score (nSPS) is 14.6. The van der Waals surface area contributed by atoms with Crippen molar-refractivity contribution in [1.82, 2.24) is 15.3 Å². The maximum atomic E-state index is 12.5. The summed E-state index contributed by atoms with van der Waals surface area (Å²) in [5.74, 6) is 0.984. The second kappa shape index (κ2) is 9.40. The van der Waals surface area contributed by atoms with Gasteiger partial charge in [0.1, 0.15) is 5.82 Å². The molecule has 10 heteroatoms. The number of anilines is 2. The Morgan fingerprint density at radius 2 is 1.83 bits per heavy atom. The summed E-state index contributed by atoms with van der Waals surface area (Å²) in [6.45, 7) is 5.89. The monoisotopic (exact) mass is 433 g/mol. The molecule has 2 heterocycles. The van der Waals surface area contributed by atoms with E-state index in [9.17, 15) is 13.2 Å². The number of urea groups is 1. The third kappa shape index (κ3) is 5.45. The van der Waals surface area contributed by atoms with Crippen LogP contribution in [-0.2, 0) is 20.3 Å². The Balaban J connectivity index is 1.95. The molecule has 2 N–H and O–H groups in total. The van der Waals surface area contributed by atoms with E-state index in [1.165, 1.54) is 0 Å². The predicted molar refractivity (Wildman–Crippen MR) is 116 cm³/mol. The molecule has 0 atom stereocenters. The Morgan fingerprint density at radius 3 is 2.43 bits per heavy atom. The number of carbonyl (C=O) groups is 1. The molecule has 0 aliphatic carbocycles. The van der Waals surface area contributed by atoms with Crippen molar-refractivity contribution in [2.24, 2.45) is 0 Å². The summed E-state index contributed by atoms with van der Waals surface area (Å²) in [6.07, 6.45) is 0. The fourth-order valence-corrected chi connectivity index (χ4v) is 3.80. The highest BCUT2D eigenvalue weighted by Crippen LogP contribution is 2.24. The fourth-order valence-electron chi connectivity index (χ4n) is 2.91. The number of hydrogen-bond donors (Lipinski definition) is 2. The maximum Gasteiger partial charge on any atom is 0.318 e. The maximum absolute atomic E-state index is 12.5. The van der Waals surface area contributed by atoms with E-state index < -0.39 is 15.1 Å². The number of morpholine rings is 1. The zero-order chi connectivity index (χ0) is 21.7. The van der Waals surface area contributed by atoms with Gasteiger partial charge in [-0.05, 0) is 38.1 Å². The Morgan fingerprint density at radius 1 is 1.17 bits per heavy atom. The van der Waals surface area contributed by atoms with Gasteiger partial charge in [0.15, 0.2) is 15.7 Å². The van der Waals surface area contributed by atoms with Gasteiger partial charge in [0.25, 0.3) is 0 Å². The Bertz CT molecular complexity index is 987. The van der Waals surface area contributed by atoms with Crippen LogP contribution in [-0.4, -0.2) is 63.0 Å². The summed E-state index contributed by atoms with van der Waals surface area (Å²) in [5.41, 5.74) is 1.82. The zero-order valence-corrected chi connectivity index (χ0v) is 18.2. The molecule has 0 saturated carbocycles. The van der Waals surface area contributed by atoms with Gasteiger partial charge in [0.05, 0.1) is 29.9 Å². The lowest BCUT2D eigenvalue weighted by Crippen LogP contribution is -2.37. The van der Waals surface area contributed by atoms with Crippen LogP contribution >= 0.6 is 0 Å². The average molecular weight is 434 g/mol. The number of nitrogens with zero attached hydrogens (tertiary/aromatic N) is 3. The number of nitrogens with one attached hydrogen (secondary N) is 2. The molecule has 1 aromatic heterocycles. The molecule has 1 fully saturated rings. The summed E-state index contributed by atoms with van der Waals surface area (Å²) < 4.78 is 30.4. The minimum atomic E-state index is -3.31. The van der Waals surface area contributed by atoms with E-state index in [-0.39, 0.29) is 11.8 Å². The first-order chi connectivity index (χ1) is 14.3. The highest BCUT2D eigenvalue weighted by Gasteiger charge is 2.21. The molecule has 0 radical (unpaired) electrons. The van der Waals surface area contributed by atoms with Crippen molar-refractivity contribution in [3.05, 3.63) is 36.0 Å². The van der Waals surface area contributed by atoms with E-state index in [4.69, 9.17) is 4.74 Å². The molecule has 1 aliphatic heterocycles. The van der Waals surface area contributed by atoms with Crippen LogP contribution in [0.25, 0.3) is 11.4 Å². The van der Waals surface area contributed by atoms with Crippen molar-refractivity contribution in [2.45, 2.75) is 24.9 Å². The summed E-state index contributed by atoms with van der Waals surface area (Å²) in [7, 11) is -1.77. The third-order valence-electron chi connectivity index (χ3n) is 4.80. The molecule has 162 valence electrons. The van der Waals surface area contributed by atoms with Crippen molar-refractivity contribution in [1.29, 1.82) is 0 Å². The molecule has 1 aromatic carbocycles. The highest BCUT2D eigenvalue weighted by atomic mass is 32.2. The van der Waals surface area contributed by atoms with Crippen molar-refractivity contribution in [2.75, 3.05) is 43.6 Å². The first kappa shape index (κ1) is 22.0. The minimum absolute atomic E-state index is 0.145. The molecule has 3 rings (SSSR count). The van der Waals surface area contributed by atoms with Crippen LogP contribution in [0.15, 0.2) is 30.3 Å². The molecule has 9 nitrogen and oxygen atoms in total. The molecular weight excluding hydrogens is 406 g/mol. The van der Waals surface area contributed by atoms with E-state index in [1.54, 1.807) is 51.2 Å². The first-order valence-corrected chi connectivity index (χ1v) is 11.5. The van der Waals surface area contributed by atoms with Crippen LogP contribution in [0.2, 0.25) is 0 Å². The molecule has 0 unspecified atom stereocenters. The van der Waals surface area contributed by atoms with E-state index in [0.29, 0.717) is 49.3 Å². The van der Waals surface area contributed by atoms with E-state index in [1.807, 2.05) is 0 Å². The number of hydrogen-bond acceptors (Lipinski definition) is 7.